The molecule has 2 rings (SSSR count). The van der Waals surface area contributed by atoms with E-state index in [1.807, 2.05) is 24.3 Å². The third-order valence-corrected chi connectivity index (χ3v) is 5.77. The number of carboxylic acid groups (broad SMARTS) is 1. The van der Waals surface area contributed by atoms with Crippen molar-refractivity contribution in [2.75, 3.05) is 13.1 Å². The van der Waals surface area contributed by atoms with Gasteiger partial charge in [0.15, 0.2) is 0 Å². The quantitative estimate of drug-likeness (QED) is 0.123. The van der Waals surface area contributed by atoms with E-state index in [0.717, 1.165) is 16.5 Å². The van der Waals surface area contributed by atoms with Crippen LogP contribution in [0.5, 0.6) is 0 Å². The van der Waals surface area contributed by atoms with Crippen molar-refractivity contribution in [3.8, 4) is 0 Å². The maximum absolute atomic E-state index is 13.1. The van der Waals surface area contributed by atoms with Gasteiger partial charge in [0.25, 0.3) is 0 Å². The van der Waals surface area contributed by atoms with E-state index >= 15 is 0 Å². The predicted octanol–water partition coefficient (Wildman–Crippen LogP) is -1.40. The lowest BCUT2D eigenvalue weighted by Crippen LogP contribution is -2.54. The number of amides is 4. The smallest absolute Gasteiger partial charge is 0.326 e. The second kappa shape index (κ2) is 14.6. The summed E-state index contributed by atoms with van der Waals surface area (Å²) < 4.78 is 0. The normalized spacial score (nSPS) is 13.4. The molecule has 1 aromatic heterocycles. The van der Waals surface area contributed by atoms with Gasteiger partial charge in [-0.15, -0.1) is 0 Å². The van der Waals surface area contributed by atoms with Crippen LogP contribution in [-0.4, -0.2) is 70.9 Å². The van der Waals surface area contributed by atoms with E-state index in [1.54, 1.807) is 6.20 Å². The van der Waals surface area contributed by atoms with Crippen LogP contribution in [0.1, 0.15) is 37.7 Å². The molecule has 4 amide bonds. The van der Waals surface area contributed by atoms with Crippen molar-refractivity contribution in [1.82, 2.24) is 20.9 Å². The van der Waals surface area contributed by atoms with Crippen molar-refractivity contribution in [3.05, 3.63) is 36.0 Å². The van der Waals surface area contributed by atoms with Gasteiger partial charge in [-0.2, -0.15) is 0 Å². The summed E-state index contributed by atoms with van der Waals surface area (Å²) in [5.41, 5.74) is 17.8. The predicted molar refractivity (Wildman–Crippen MR) is 136 cm³/mol. The van der Waals surface area contributed by atoms with Crippen molar-refractivity contribution in [1.29, 1.82) is 0 Å². The number of primary amides is 1. The molecule has 0 bridgehead atoms. The van der Waals surface area contributed by atoms with Crippen molar-refractivity contribution >= 4 is 40.5 Å². The van der Waals surface area contributed by atoms with Crippen LogP contribution in [0.3, 0.4) is 0 Å². The molecule has 3 unspecified atom stereocenters. The molecule has 0 fully saturated rings. The molecule has 37 heavy (non-hydrogen) atoms. The zero-order chi connectivity index (χ0) is 27.4. The van der Waals surface area contributed by atoms with Gasteiger partial charge in [-0.05, 0) is 43.9 Å². The number of benzene rings is 1. The minimum absolute atomic E-state index is 0.0229. The second-order valence-corrected chi connectivity index (χ2v) is 8.70. The van der Waals surface area contributed by atoms with E-state index in [2.05, 4.69) is 20.9 Å². The maximum atomic E-state index is 13.1. The average Bonchev–Trinajstić information content (AvgIpc) is 3.27. The molecule has 11 N–H and O–H groups in total. The topological polar surface area (TPSA) is 236 Å². The minimum atomic E-state index is -1.19. The number of rotatable bonds is 16. The van der Waals surface area contributed by atoms with Crippen LogP contribution in [0.15, 0.2) is 30.5 Å². The van der Waals surface area contributed by atoms with E-state index in [4.69, 9.17) is 17.2 Å². The molecule has 3 atom stereocenters. The Kier molecular flexibility index (Phi) is 11.5. The molecule has 0 radical (unpaired) electrons. The van der Waals surface area contributed by atoms with E-state index in [0.29, 0.717) is 19.4 Å². The molecule has 202 valence electrons. The van der Waals surface area contributed by atoms with Gasteiger partial charge in [0, 0.05) is 29.9 Å². The molecule has 0 aliphatic rings. The summed E-state index contributed by atoms with van der Waals surface area (Å²) >= 11 is 0. The first kappa shape index (κ1) is 29.3. The van der Waals surface area contributed by atoms with Crippen LogP contribution < -0.4 is 33.2 Å². The number of hydrogen-bond donors (Lipinski definition) is 8. The minimum Gasteiger partial charge on any atom is -0.480 e. The molecule has 1 heterocycles. The highest BCUT2D eigenvalue weighted by Gasteiger charge is 2.27. The zero-order valence-electron chi connectivity index (χ0n) is 20.5. The molecular formula is C24H35N7O6. The fraction of sp³-hybridized carbons (Fsp3) is 0.458. The number of aliphatic carboxylic acids is 1. The zero-order valence-corrected chi connectivity index (χ0v) is 20.5. The maximum Gasteiger partial charge on any atom is 0.326 e. The Bertz CT molecular complexity index is 1100. The molecule has 1 aromatic carbocycles. The van der Waals surface area contributed by atoms with Gasteiger partial charge in [-0.25, -0.2) is 4.79 Å². The number of carbonyl (C=O) groups excluding carboxylic acids is 4. The first-order valence-electron chi connectivity index (χ1n) is 12.0. The van der Waals surface area contributed by atoms with Gasteiger partial charge in [-0.1, -0.05) is 18.2 Å². The number of H-pyrrole nitrogens is 1. The van der Waals surface area contributed by atoms with E-state index in [1.165, 1.54) is 0 Å². The molecule has 0 saturated carbocycles. The lowest BCUT2D eigenvalue weighted by molar-refractivity contribution is -0.142. The van der Waals surface area contributed by atoms with Gasteiger partial charge in [-0.3, -0.25) is 19.2 Å². The van der Waals surface area contributed by atoms with Gasteiger partial charge in [0.1, 0.15) is 12.1 Å². The fourth-order valence-corrected chi connectivity index (χ4v) is 3.72. The number of aromatic amines is 1. The molecule has 13 heteroatoms. The Balaban J connectivity index is 2.10. The van der Waals surface area contributed by atoms with E-state index < -0.39 is 54.3 Å². The summed E-state index contributed by atoms with van der Waals surface area (Å²) in [6.07, 6.45) is 3.03. The van der Waals surface area contributed by atoms with Crippen LogP contribution in [0.2, 0.25) is 0 Å². The highest BCUT2D eigenvalue weighted by molar-refractivity contribution is 5.93. The summed E-state index contributed by atoms with van der Waals surface area (Å²) in [4.78, 5) is 63.5. The number of nitrogens with two attached hydrogens (primary N) is 3. The number of fused-ring (bicyclic) bond motifs is 1. The third-order valence-electron chi connectivity index (χ3n) is 5.77. The summed E-state index contributed by atoms with van der Waals surface area (Å²) in [6, 6.07) is 4.11. The van der Waals surface area contributed by atoms with Crippen LogP contribution in [0.4, 0.5) is 0 Å². The number of carbonyl (C=O) groups is 5. The first-order chi connectivity index (χ1) is 17.6. The highest BCUT2D eigenvalue weighted by Crippen LogP contribution is 2.19. The Morgan fingerprint density at radius 3 is 2.38 bits per heavy atom. The molecule has 0 spiro atoms. The Morgan fingerprint density at radius 1 is 0.973 bits per heavy atom. The standard InChI is InChI=1S/C24H35N7O6/c25-10-4-3-7-18(24(36)37)31-23(35)19(11-14-12-28-17-6-2-1-5-15(14)17)30-21(33)13-29-22(34)16(26)8-9-20(27)32/h1-2,5-6,12,16,18-19,28H,3-4,7-11,13,25-26H2,(H2,27,32)(H,29,34)(H,30,33)(H,31,35)(H,36,37). The number of carboxylic acids is 1. The van der Waals surface area contributed by atoms with E-state index in [-0.39, 0.29) is 25.7 Å². The largest absolute Gasteiger partial charge is 0.480 e. The van der Waals surface area contributed by atoms with Gasteiger partial charge in [0.2, 0.25) is 23.6 Å². The molecule has 0 aliphatic carbocycles. The molecular weight excluding hydrogens is 482 g/mol. The van der Waals surface area contributed by atoms with Crippen LogP contribution in [0, 0.1) is 0 Å². The van der Waals surface area contributed by atoms with E-state index in [9.17, 15) is 29.1 Å². The van der Waals surface area contributed by atoms with Crippen LogP contribution >= 0.6 is 0 Å². The van der Waals surface area contributed by atoms with Gasteiger partial charge in [0.05, 0.1) is 12.6 Å². The number of unbranched alkanes of at least 4 members (excludes halogenated alkanes) is 1. The van der Waals surface area contributed by atoms with Crippen LogP contribution in [0.25, 0.3) is 10.9 Å². The monoisotopic (exact) mass is 517 g/mol. The SMILES string of the molecule is NCCCCC(NC(=O)C(Cc1c[nH]c2ccccc12)NC(=O)CNC(=O)C(N)CCC(N)=O)C(=O)O. The van der Waals surface area contributed by atoms with Crippen molar-refractivity contribution in [3.63, 3.8) is 0 Å². The lowest BCUT2D eigenvalue weighted by Gasteiger charge is -2.22. The lowest BCUT2D eigenvalue weighted by atomic mass is 10.0. The Hall–Kier alpha value is -3.97. The molecule has 13 nitrogen and oxygen atoms in total. The van der Waals surface area contributed by atoms with Crippen molar-refractivity contribution in [2.24, 2.45) is 17.2 Å². The first-order valence-corrected chi connectivity index (χ1v) is 12.0. The number of nitrogens with one attached hydrogen (secondary N) is 4. The second-order valence-electron chi connectivity index (χ2n) is 8.70. The summed E-state index contributed by atoms with van der Waals surface area (Å²) in [6.45, 7) is -0.0724. The number of aromatic nitrogens is 1. The average molecular weight is 518 g/mol. The van der Waals surface area contributed by atoms with Gasteiger partial charge < -0.3 is 43.2 Å². The van der Waals surface area contributed by atoms with Crippen molar-refractivity contribution < 1.29 is 29.1 Å². The molecule has 2 aromatic rings. The number of para-hydroxylation sites is 1. The summed E-state index contributed by atoms with van der Waals surface area (Å²) in [7, 11) is 0. The van der Waals surface area contributed by atoms with Gasteiger partial charge >= 0.3 is 5.97 Å². The molecule has 0 saturated heterocycles. The highest BCUT2D eigenvalue weighted by atomic mass is 16.4. The Morgan fingerprint density at radius 2 is 1.70 bits per heavy atom. The van der Waals surface area contributed by atoms with Crippen molar-refractivity contribution in [2.45, 2.75) is 56.7 Å². The Labute approximate surface area is 213 Å². The summed E-state index contributed by atoms with van der Waals surface area (Å²) in [5, 5.41) is 17.8. The molecule has 0 aliphatic heterocycles. The fourth-order valence-electron chi connectivity index (χ4n) is 3.72. The summed E-state index contributed by atoms with van der Waals surface area (Å²) in [5.74, 6) is -3.80. The van der Waals surface area contributed by atoms with Crippen LogP contribution in [-0.2, 0) is 30.4 Å². The number of hydrogen-bond acceptors (Lipinski definition) is 7. The third kappa shape index (κ3) is 9.54.